The van der Waals surface area contributed by atoms with E-state index in [2.05, 4.69) is 6.07 Å². The quantitative estimate of drug-likeness (QED) is 0.704. The molecule has 0 radical (unpaired) electrons. The van der Waals surface area contributed by atoms with Crippen molar-refractivity contribution in [3.05, 3.63) is 104 Å². The van der Waals surface area contributed by atoms with Crippen LogP contribution in [-0.2, 0) is 6.54 Å². The maximum Gasteiger partial charge on any atom is 0.259 e. The summed E-state index contributed by atoms with van der Waals surface area (Å²) in [4.78, 5) is 13.7. The van der Waals surface area contributed by atoms with Gasteiger partial charge in [0.25, 0.3) is 5.56 Å². The van der Waals surface area contributed by atoms with Crippen LogP contribution in [0.1, 0.15) is 33.9 Å². The summed E-state index contributed by atoms with van der Waals surface area (Å²) >= 11 is 0. The zero-order chi connectivity index (χ0) is 22.1. The van der Waals surface area contributed by atoms with E-state index >= 15 is 0 Å². The third kappa shape index (κ3) is 3.55. The molecule has 1 aromatic heterocycles. The van der Waals surface area contributed by atoms with Gasteiger partial charge in [0.05, 0.1) is 25.1 Å². The Labute approximate surface area is 180 Å². The van der Waals surface area contributed by atoms with Crippen LogP contribution < -0.4 is 20.8 Å². The molecule has 2 N–H and O–H groups in total. The number of rotatable bonds is 4. The number of nitrogens with two attached hydrogens (primary N) is 1. The monoisotopic (exact) mass is 413 g/mol. The first-order chi connectivity index (χ1) is 14.9. The van der Waals surface area contributed by atoms with Crippen molar-refractivity contribution < 1.29 is 9.47 Å². The van der Waals surface area contributed by atoms with Crippen LogP contribution in [0, 0.1) is 25.2 Å². The summed E-state index contributed by atoms with van der Waals surface area (Å²) in [5, 5.41) is 9.84. The fourth-order valence-electron chi connectivity index (χ4n) is 3.97. The van der Waals surface area contributed by atoms with Crippen LogP contribution in [0.15, 0.2) is 70.8 Å². The molecule has 0 bridgehead atoms. The molecule has 6 nitrogen and oxygen atoms in total. The Bertz CT molecular complexity index is 1280. The minimum atomic E-state index is -0.678. The Morgan fingerprint density at radius 2 is 1.87 bits per heavy atom. The number of nitrogens with zero attached hydrogens (tertiary/aromatic N) is 2. The number of pyridine rings is 1. The van der Waals surface area contributed by atoms with Gasteiger partial charge >= 0.3 is 0 Å². The topological polar surface area (TPSA) is 90.3 Å². The summed E-state index contributed by atoms with van der Waals surface area (Å²) < 4.78 is 12.9. The van der Waals surface area contributed by atoms with Gasteiger partial charge in [-0.2, -0.15) is 5.26 Å². The molecular weight excluding hydrogens is 390 g/mol. The summed E-state index contributed by atoms with van der Waals surface area (Å²) in [6.07, 6.45) is 0. The molecular formula is C25H23N3O3. The molecule has 0 aliphatic carbocycles. The van der Waals surface area contributed by atoms with Crippen LogP contribution in [0.3, 0.4) is 0 Å². The molecule has 1 atom stereocenters. The van der Waals surface area contributed by atoms with Gasteiger partial charge in [-0.05, 0) is 25.5 Å². The number of benzene rings is 2. The molecule has 0 saturated heterocycles. The van der Waals surface area contributed by atoms with Crippen molar-refractivity contribution in [2.45, 2.75) is 26.3 Å². The number of allylic oxidation sites excluding steroid dienone is 1. The number of ether oxygens (including phenoxy) is 2. The Balaban J connectivity index is 1.94. The SMILES string of the molecule is COc1ccccc1C1C(C#N)=C(N)Oc2cc(C)n(Cc3ccc(C)cc3)c(=O)c21. The number of aryl methyl sites for hydroxylation is 2. The van der Waals surface area contributed by atoms with Gasteiger partial charge in [0.1, 0.15) is 23.1 Å². The number of aromatic nitrogens is 1. The smallest absolute Gasteiger partial charge is 0.259 e. The van der Waals surface area contributed by atoms with Crippen molar-refractivity contribution >= 4 is 0 Å². The van der Waals surface area contributed by atoms with E-state index in [-0.39, 0.29) is 17.0 Å². The summed E-state index contributed by atoms with van der Waals surface area (Å²) in [5.74, 6) is 0.268. The van der Waals surface area contributed by atoms with Gasteiger partial charge in [-0.1, -0.05) is 48.0 Å². The number of hydrogen-bond donors (Lipinski definition) is 1. The van der Waals surface area contributed by atoms with Gasteiger partial charge in [-0.25, -0.2) is 0 Å². The molecule has 2 aromatic carbocycles. The molecule has 0 spiro atoms. The molecule has 4 rings (SSSR count). The van der Waals surface area contributed by atoms with Crippen molar-refractivity contribution in [2.75, 3.05) is 7.11 Å². The Morgan fingerprint density at radius 3 is 2.55 bits per heavy atom. The first kappa shape index (κ1) is 20.3. The predicted octanol–water partition coefficient (Wildman–Crippen LogP) is 3.74. The average Bonchev–Trinajstić information content (AvgIpc) is 2.77. The van der Waals surface area contributed by atoms with E-state index in [0.29, 0.717) is 29.2 Å². The first-order valence-electron chi connectivity index (χ1n) is 9.95. The molecule has 0 amide bonds. The van der Waals surface area contributed by atoms with E-state index < -0.39 is 5.92 Å². The van der Waals surface area contributed by atoms with Crippen molar-refractivity contribution in [2.24, 2.45) is 5.73 Å². The highest BCUT2D eigenvalue weighted by Crippen LogP contribution is 2.43. The lowest BCUT2D eigenvalue weighted by Crippen LogP contribution is -2.33. The van der Waals surface area contributed by atoms with Crippen LogP contribution in [-0.4, -0.2) is 11.7 Å². The van der Waals surface area contributed by atoms with Crippen LogP contribution in [0.5, 0.6) is 11.5 Å². The summed E-state index contributed by atoms with van der Waals surface area (Å²) in [7, 11) is 1.56. The summed E-state index contributed by atoms with van der Waals surface area (Å²) in [5.41, 5.74) is 10.0. The normalized spacial score (nSPS) is 15.1. The van der Waals surface area contributed by atoms with Crippen LogP contribution in [0.4, 0.5) is 0 Å². The minimum absolute atomic E-state index is 0.000917. The van der Waals surface area contributed by atoms with Crippen LogP contribution >= 0.6 is 0 Å². The van der Waals surface area contributed by atoms with Crippen molar-refractivity contribution in [3.63, 3.8) is 0 Å². The molecule has 31 heavy (non-hydrogen) atoms. The number of methoxy groups -OCH3 is 1. The van der Waals surface area contributed by atoms with E-state index in [1.807, 2.05) is 56.3 Å². The minimum Gasteiger partial charge on any atom is -0.496 e. The standard InChI is InChI=1S/C25H23N3O3/c1-15-8-10-17(11-9-15)14-28-16(2)12-21-23(25(28)29)22(19(13-26)24(27)31-21)18-6-4-5-7-20(18)30-3/h4-12,22H,14,27H2,1-3H3. The third-order valence-corrected chi connectivity index (χ3v) is 5.60. The second-order valence-corrected chi connectivity index (χ2v) is 7.61. The molecule has 156 valence electrons. The largest absolute Gasteiger partial charge is 0.496 e. The molecule has 3 aromatic rings. The van der Waals surface area contributed by atoms with E-state index in [0.717, 1.165) is 16.8 Å². The molecule has 0 saturated carbocycles. The van der Waals surface area contributed by atoms with Crippen molar-refractivity contribution in [3.8, 4) is 17.6 Å². The molecule has 1 unspecified atom stereocenters. The van der Waals surface area contributed by atoms with E-state index in [4.69, 9.17) is 15.2 Å². The zero-order valence-electron chi connectivity index (χ0n) is 17.7. The zero-order valence-corrected chi connectivity index (χ0v) is 17.7. The van der Waals surface area contributed by atoms with Gasteiger partial charge < -0.3 is 19.8 Å². The molecule has 6 heteroatoms. The summed E-state index contributed by atoms with van der Waals surface area (Å²) in [6.45, 7) is 4.30. The molecule has 0 fully saturated rings. The molecule has 2 heterocycles. The number of nitriles is 1. The van der Waals surface area contributed by atoms with Crippen molar-refractivity contribution in [1.29, 1.82) is 5.26 Å². The number of para-hydroxylation sites is 1. The second-order valence-electron chi connectivity index (χ2n) is 7.61. The van der Waals surface area contributed by atoms with Gasteiger partial charge in [0.2, 0.25) is 5.88 Å². The fourth-order valence-corrected chi connectivity index (χ4v) is 3.97. The van der Waals surface area contributed by atoms with E-state index in [1.54, 1.807) is 23.8 Å². The Kier molecular flexibility index (Phi) is 5.26. The third-order valence-electron chi connectivity index (χ3n) is 5.60. The highest BCUT2D eigenvalue weighted by Gasteiger charge is 2.35. The van der Waals surface area contributed by atoms with Crippen molar-refractivity contribution in [1.82, 2.24) is 4.57 Å². The second kappa shape index (κ2) is 8.04. The maximum absolute atomic E-state index is 13.7. The lowest BCUT2D eigenvalue weighted by molar-refractivity contribution is 0.383. The lowest BCUT2D eigenvalue weighted by Gasteiger charge is -2.28. The van der Waals surface area contributed by atoms with Gasteiger partial charge in [-0.3, -0.25) is 4.79 Å². The number of hydrogen-bond acceptors (Lipinski definition) is 5. The van der Waals surface area contributed by atoms with E-state index in [1.165, 1.54) is 0 Å². The van der Waals surface area contributed by atoms with Gasteiger partial charge in [-0.15, -0.1) is 0 Å². The highest BCUT2D eigenvalue weighted by atomic mass is 16.5. The van der Waals surface area contributed by atoms with Gasteiger partial charge in [0, 0.05) is 17.3 Å². The van der Waals surface area contributed by atoms with Crippen LogP contribution in [0.25, 0.3) is 0 Å². The Morgan fingerprint density at radius 1 is 1.16 bits per heavy atom. The number of fused-ring (bicyclic) bond motifs is 1. The first-order valence-corrected chi connectivity index (χ1v) is 9.95. The molecule has 1 aliphatic rings. The highest BCUT2D eigenvalue weighted by molar-refractivity contribution is 5.58. The Hall–Kier alpha value is -3.98. The maximum atomic E-state index is 13.7. The summed E-state index contributed by atoms with van der Waals surface area (Å²) in [6, 6.07) is 19.3. The lowest BCUT2D eigenvalue weighted by atomic mass is 9.83. The van der Waals surface area contributed by atoms with Crippen LogP contribution in [0.2, 0.25) is 0 Å². The van der Waals surface area contributed by atoms with Gasteiger partial charge in [0.15, 0.2) is 0 Å². The molecule has 1 aliphatic heterocycles. The predicted molar refractivity (Wildman–Crippen MR) is 118 cm³/mol. The average molecular weight is 413 g/mol. The fraction of sp³-hybridized carbons (Fsp3) is 0.200. The van der Waals surface area contributed by atoms with E-state index in [9.17, 15) is 10.1 Å².